The number of carbonyl (C=O) groups is 2. The van der Waals surface area contributed by atoms with Gasteiger partial charge in [0.1, 0.15) is 12.6 Å². The third-order valence-electron chi connectivity index (χ3n) is 6.50. The highest BCUT2D eigenvalue weighted by atomic mass is 35.5. The van der Waals surface area contributed by atoms with Crippen LogP contribution in [0.3, 0.4) is 0 Å². The van der Waals surface area contributed by atoms with E-state index in [1.165, 1.54) is 23.1 Å². The highest BCUT2D eigenvalue weighted by Crippen LogP contribution is 2.35. The second-order valence-electron chi connectivity index (χ2n) is 9.62. The fourth-order valence-corrected chi connectivity index (χ4v) is 6.09. The largest absolute Gasteiger partial charge is 0.354 e. The number of nitrogens with zero attached hydrogens (tertiary/aromatic N) is 2. The highest BCUT2D eigenvalue weighted by Gasteiger charge is 2.34. The molecule has 0 saturated heterocycles. The van der Waals surface area contributed by atoms with Crippen molar-refractivity contribution >= 4 is 50.7 Å². The van der Waals surface area contributed by atoms with Crippen molar-refractivity contribution in [3.8, 4) is 0 Å². The Hall–Kier alpha value is -3.07. The Labute approximate surface area is 247 Å². The molecule has 2 amide bonds. The summed E-state index contributed by atoms with van der Waals surface area (Å²) in [7, 11) is -4.24. The van der Waals surface area contributed by atoms with E-state index in [2.05, 4.69) is 5.32 Å². The minimum absolute atomic E-state index is 0.000225. The number of hydrogen-bond donors (Lipinski definition) is 1. The smallest absolute Gasteiger partial charge is 0.264 e. The van der Waals surface area contributed by atoms with Gasteiger partial charge in [0.05, 0.1) is 20.6 Å². The van der Waals surface area contributed by atoms with Crippen molar-refractivity contribution in [1.29, 1.82) is 0 Å². The lowest BCUT2D eigenvalue weighted by Gasteiger charge is -2.33. The van der Waals surface area contributed by atoms with Gasteiger partial charge in [0.15, 0.2) is 0 Å². The quantitative estimate of drug-likeness (QED) is 0.269. The van der Waals surface area contributed by atoms with Crippen LogP contribution in [0.4, 0.5) is 5.69 Å². The summed E-state index contributed by atoms with van der Waals surface area (Å²) in [6.45, 7) is 7.58. The lowest BCUT2D eigenvalue weighted by atomic mass is 10.1. The number of halogens is 2. The number of anilines is 1. The Kier molecular flexibility index (Phi) is 11.0. The van der Waals surface area contributed by atoms with Crippen LogP contribution in [0.2, 0.25) is 10.0 Å². The summed E-state index contributed by atoms with van der Waals surface area (Å²) in [6.07, 6.45) is 1.08. The second-order valence-corrected chi connectivity index (χ2v) is 12.3. The van der Waals surface area contributed by atoms with E-state index in [4.69, 9.17) is 23.2 Å². The standard InChI is InChI=1S/C30H35Cl2N3O4S/c1-5-18-33-30(37)26(6-2)34(19-23-14-10-21(3)11-15-23)28(36)20-35(27-9-7-8-25(31)29(27)32)40(38,39)24-16-12-22(4)13-17-24/h7-17,26H,5-6,18-20H2,1-4H3,(H,33,37)/t26-/m1/s1. The Bertz CT molecular complexity index is 1430. The van der Waals surface area contributed by atoms with Crippen LogP contribution in [0.25, 0.3) is 0 Å². The van der Waals surface area contributed by atoms with Crippen molar-refractivity contribution in [2.45, 2.75) is 58.0 Å². The minimum atomic E-state index is -4.24. The van der Waals surface area contributed by atoms with Gasteiger partial charge in [-0.25, -0.2) is 8.42 Å². The second kappa shape index (κ2) is 14.0. The number of aryl methyl sites for hydroxylation is 2. The molecule has 214 valence electrons. The van der Waals surface area contributed by atoms with Crippen LogP contribution < -0.4 is 9.62 Å². The van der Waals surface area contributed by atoms with Gasteiger partial charge in [-0.2, -0.15) is 0 Å². The molecule has 0 spiro atoms. The van der Waals surface area contributed by atoms with Crippen molar-refractivity contribution in [2.24, 2.45) is 0 Å². The molecule has 0 bridgehead atoms. The first kappa shape index (κ1) is 31.5. The number of carbonyl (C=O) groups excluding carboxylic acids is 2. The maximum absolute atomic E-state index is 14.1. The first-order valence-corrected chi connectivity index (χ1v) is 15.3. The van der Waals surface area contributed by atoms with E-state index in [0.717, 1.165) is 27.4 Å². The maximum atomic E-state index is 14.1. The molecule has 1 atom stereocenters. The number of benzene rings is 3. The minimum Gasteiger partial charge on any atom is -0.354 e. The van der Waals surface area contributed by atoms with Gasteiger partial charge >= 0.3 is 0 Å². The van der Waals surface area contributed by atoms with Gasteiger partial charge < -0.3 is 10.2 Å². The molecule has 0 heterocycles. The van der Waals surface area contributed by atoms with Gasteiger partial charge in [-0.3, -0.25) is 13.9 Å². The predicted octanol–water partition coefficient (Wildman–Crippen LogP) is 6.14. The fraction of sp³-hybridized carbons (Fsp3) is 0.333. The normalized spacial score (nSPS) is 12.1. The number of amides is 2. The van der Waals surface area contributed by atoms with E-state index in [0.29, 0.717) is 13.0 Å². The average Bonchev–Trinajstić information content (AvgIpc) is 2.93. The van der Waals surface area contributed by atoms with Crippen LogP contribution in [0.1, 0.15) is 43.4 Å². The molecule has 0 aliphatic heterocycles. The molecular weight excluding hydrogens is 569 g/mol. The van der Waals surface area contributed by atoms with Crippen LogP contribution in [-0.4, -0.2) is 44.3 Å². The molecule has 1 N–H and O–H groups in total. The van der Waals surface area contributed by atoms with E-state index >= 15 is 0 Å². The zero-order chi connectivity index (χ0) is 29.4. The topological polar surface area (TPSA) is 86.8 Å². The monoisotopic (exact) mass is 603 g/mol. The highest BCUT2D eigenvalue weighted by molar-refractivity contribution is 7.92. The van der Waals surface area contributed by atoms with E-state index < -0.39 is 28.5 Å². The van der Waals surface area contributed by atoms with Gasteiger partial charge in [-0.1, -0.05) is 90.6 Å². The molecule has 3 rings (SSSR count). The lowest BCUT2D eigenvalue weighted by Crippen LogP contribution is -2.52. The molecule has 0 aromatic heterocycles. The van der Waals surface area contributed by atoms with E-state index in [-0.39, 0.29) is 33.1 Å². The molecule has 0 saturated carbocycles. The SMILES string of the molecule is CCCNC(=O)[C@@H](CC)N(Cc1ccc(C)cc1)C(=O)CN(c1cccc(Cl)c1Cl)S(=O)(=O)c1ccc(C)cc1. The van der Waals surface area contributed by atoms with Crippen LogP contribution >= 0.6 is 23.2 Å². The average molecular weight is 605 g/mol. The Morgan fingerprint density at radius 2 is 1.50 bits per heavy atom. The number of sulfonamides is 1. The lowest BCUT2D eigenvalue weighted by molar-refractivity contribution is -0.140. The van der Waals surface area contributed by atoms with Gasteiger partial charge in [0, 0.05) is 13.1 Å². The summed E-state index contributed by atoms with van der Waals surface area (Å²) in [6, 6.07) is 17.8. The first-order chi connectivity index (χ1) is 19.0. The number of hydrogen-bond acceptors (Lipinski definition) is 4. The molecule has 0 aliphatic rings. The summed E-state index contributed by atoms with van der Waals surface area (Å²) >= 11 is 12.7. The van der Waals surface area contributed by atoms with Crippen molar-refractivity contribution in [2.75, 3.05) is 17.4 Å². The summed E-state index contributed by atoms with van der Waals surface area (Å²) < 4.78 is 28.9. The van der Waals surface area contributed by atoms with Crippen LogP contribution in [0, 0.1) is 13.8 Å². The van der Waals surface area contributed by atoms with Crippen molar-refractivity contribution in [1.82, 2.24) is 10.2 Å². The molecule has 0 aliphatic carbocycles. The molecule has 0 unspecified atom stereocenters. The molecule has 0 radical (unpaired) electrons. The Morgan fingerprint density at radius 3 is 2.08 bits per heavy atom. The fourth-order valence-electron chi connectivity index (χ4n) is 4.21. The molecule has 3 aromatic carbocycles. The van der Waals surface area contributed by atoms with Crippen LogP contribution in [0.5, 0.6) is 0 Å². The first-order valence-electron chi connectivity index (χ1n) is 13.2. The number of nitrogens with one attached hydrogen (secondary N) is 1. The molecular formula is C30H35Cl2N3O4S. The van der Waals surface area contributed by atoms with Crippen molar-refractivity contribution in [3.63, 3.8) is 0 Å². The summed E-state index contributed by atoms with van der Waals surface area (Å²) in [5.41, 5.74) is 2.83. The van der Waals surface area contributed by atoms with E-state index in [9.17, 15) is 18.0 Å². The Balaban J connectivity index is 2.09. The number of rotatable bonds is 12. The molecule has 7 nitrogen and oxygen atoms in total. The molecule has 10 heteroatoms. The third kappa shape index (κ3) is 7.56. The molecule has 0 fully saturated rings. The molecule has 40 heavy (non-hydrogen) atoms. The van der Waals surface area contributed by atoms with Crippen LogP contribution in [0.15, 0.2) is 71.6 Å². The Morgan fingerprint density at radius 1 is 0.900 bits per heavy atom. The van der Waals surface area contributed by atoms with Gasteiger partial charge in [-0.15, -0.1) is 0 Å². The zero-order valence-corrected chi connectivity index (χ0v) is 25.5. The van der Waals surface area contributed by atoms with Crippen molar-refractivity contribution < 1.29 is 18.0 Å². The zero-order valence-electron chi connectivity index (χ0n) is 23.2. The summed E-state index contributed by atoms with van der Waals surface area (Å²) in [5.74, 6) is -0.843. The van der Waals surface area contributed by atoms with Crippen molar-refractivity contribution in [3.05, 3.63) is 93.5 Å². The maximum Gasteiger partial charge on any atom is 0.264 e. The summed E-state index contributed by atoms with van der Waals surface area (Å²) in [5, 5.41) is 3.03. The van der Waals surface area contributed by atoms with E-state index in [1.807, 2.05) is 52.0 Å². The predicted molar refractivity (Wildman–Crippen MR) is 161 cm³/mol. The van der Waals surface area contributed by atoms with E-state index in [1.54, 1.807) is 24.3 Å². The third-order valence-corrected chi connectivity index (χ3v) is 9.08. The summed E-state index contributed by atoms with van der Waals surface area (Å²) in [4.78, 5) is 28.7. The van der Waals surface area contributed by atoms with Gasteiger partial charge in [0.2, 0.25) is 11.8 Å². The van der Waals surface area contributed by atoms with Crippen LogP contribution in [-0.2, 0) is 26.2 Å². The van der Waals surface area contributed by atoms with Gasteiger partial charge in [0.25, 0.3) is 10.0 Å². The molecule has 3 aromatic rings. The van der Waals surface area contributed by atoms with Gasteiger partial charge in [-0.05, 0) is 56.5 Å².